The van der Waals surface area contributed by atoms with E-state index >= 15 is 0 Å². The van der Waals surface area contributed by atoms with Crippen LogP contribution in [-0.4, -0.2) is 6.54 Å². The summed E-state index contributed by atoms with van der Waals surface area (Å²) >= 11 is 0. The van der Waals surface area contributed by atoms with Gasteiger partial charge in [0.05, 0.1) is 0 Å². The summed E-state index contributed by atoms with van der Waals surface area (Å²) in [7, 11) is 0. The molecule has 0 aromatic rings. The highest BCUT2D eigenvalue weighted by Crippen LogP contribution is 2.10. The van der Waals surface area contributed by atoms with Gasteiger partial charge in [-0.15, -0.1) is 0 Å². The summed E-state index contributed by atoms with van der Waals surface area (Å²) in [6, 6.07) is 0. The Morgan fingerprint density at radius 3 is 2.30 bits per heavy atom. The van der Waals surface area contributed by atoms with Gasteiger partial charge in [0.15, 0.2) is 0 Å². The molecule has 0 fully saturated rings. The number of rotatable bonds is 4. The number of halogens is 1. The first kappa shape index (κ1) is 9.11. The van der Waals surface area contributed by atoms with Crippen molar-refractivity contribution >= 4 is 0 Å². The van der Waals surface area contributed by atoms with Crippen LogP contribution < -0.4 is 5.73 Å². The van der Waals surface area contributed by atoms with Crippen molar-refractivity contribution in [1.82, 2.24) is 0 Å². The number of hydrogen-bond acceptors (Lipinski definition) is 1. The minimum absolute atomic E-state index is 0.333. The fourth-order valence-electron chi connectivity index (χ4n) is 0.606. The van der Waals surface area contributed by atoms with Gasteiger partial charge in [-0.05, 0) is 24.6 Å². The summed E-state index contributed by atoms with van der Waals surface area (Å²) in [5.41, 5.74) is 5.74. The van der Waals surface area contributed by atoms with Crippen LogP contribution in [0.2, 0.25) is 0 Å². The molecule has 0 heterocycles. The SMILES string of the molecule is C=C/C(F)=C(\C=C)CCN. The van der Waals surface area contributed by atoms with Crippen molar-refractivity contribution in [2.75, 3.05) is 6.54 Å². The zero-order chi connectivity index (χ0) is 7.98. The van der Waals surface area contributed by atoms with Crippen LogP contribution in [0.4, 0.5) is 4.39 Å². The Labute approximate surface area is 60.7 Å². The van der Waals surface area contributed by atoms with Crippen LogP contribution in [0.25, 0.3) is 0 Å². The normalized spacial score (nSPS) is 12.2. The Morgan fingerprint density at radius 2 is 2.00 bits per heavy atom. The van der Waals surface area contributed by atoms with Crippen LogP contribution in [0.3, 0.4) is 0 Å². The Morgan fingerprint density at radius 1 is 1.40 bits per heavy atom. The smallest absolute Gasteiger partial charge is 0.125 e. The van der Waals surface area contributed by atoms with Crippen molar-refractivity contribution in [3.63, 3.8) is 0 Å². The molecule has 0 aliphatic heterocycles. The van der Waals surface area contributed by atoms with E-state index in [2.05, 4.69) is 13.2 Å². The van der Waals surface area contributed by atoms with E-state index in [9.17, 15) is 4.39 Å². The van der Waals surface area contributed by atoms with Crippen molar-refractivity contribution < 1.29 is 4.39 Å². The van der Waals surface area contributed by atoms with Gasteiger partial charge in [0.25, 0.3) is 0 Å². The van der Waals surface area contributed by atoms with E-state index in [-0.39, 0.29) is 5.83 Å². The quantitative estimate of drug-likeness (QED) is 0.595. The average Bonchev–Trinajstić information content (AvgIpc) is 1.99. The Balaban J connectivity index is 4.28. The van der Waals surface area contributed by atoms with Crippen LogP contribution in [0.15, 0.2) is 36.7 Å². The molecule has 0 amide bonds. The zero-order valence-corrected chi connectivity index (χ0v) is 5.94. The molecular weight excluding hydrogens is 129 g/mol. The maximum absolute atomic E-state index is 12.6. The molecule has 0 aromatic carbocycles. The summed E-state index contributed by atoms with van der Waals surface area (Å²) in [6.45, 7) is 7.17. The van der Waals surface area contributed by atoms with Gasteiger partial charge in [-0.2, -0.15) is 0 Å². The van der Waals surface area contributed by atoms with Gasteiger partial charge < -0.3 is 5.73 Å². The van der Waals surface area contributed by atoms with Gasteiger partial charge in [0.2, 0.25) is 0 Å². The van der Waals surface area contributed by atoms with Gasteiger partial charge in [0.1, 0.15) is 5.83 Å². The van der Waals surface area contributed by atoms with Gasteiger partial charge in [0, 0.05) is 0 Å². The zero-order valence-electron chi connectivity index (χ0n) is 5.94. The third-order valence-electron chi connectivity index (χ3n) is 1.15. The highest BCUT2D eigenvalue weighted by atomic mass is 19.1. The van der Waals surface area contributed by atoms with Crippen molar-refractivity contribution in [1.29, 1.82) is 0 Å². The molecule has 0 aliphatic rings. The molecule has 56 valence electrons. The van der Waals surface area contributed by atoms with Crippen molar-refractivity contribution in [3.05, 3.63) is 36.7 Å². The Kier molecular flexibility index (Phi) is 4.50. The van der Waals surface area contributed by atoms with E-state index in [1.54, 1.807) is 0 Å². The maximum Gasteiger partial charge on any atom is 0.125 e. The molecule has 0 saturated carbocycles. The predicted octanol–water partition coefficient (Wildman–Crippen LogP) is 1.93. The molecule has 1 nitrogen and oxygen atoms in total. The second kappa shape index (κ2) is 4.94. The number of nitrogens with two attached hydrogens (primary N) is 1. The van der Waals surface area contributed by atoms with Gasteiger partial charge in [-0.3, -0.25) is 0 Å². The topological polar surface area (TPSA) is 26.0 Å². The van der Waals surface area contributed by atoms with E-state index < -0.39 is 0 Å². The van der Waals surface area contributed by atoms with Crippen molar-refractivity contribution in [3.8, 4) is 0 Å². The third-order valence-corrected chi connectivity index (χ3v) is 1.15. The molecule has 0 aliphatic carbocycles. The van der Waals surface area contributed by atoms with Crippen molar-refractivity contribution in [2.24, 2.45) is 5.73 Å². The molecule has 0 bridgehead atoms. The molecule has 2 heteroatoms. The standard InChI is InChI=1S/C8H12FN/c1-3-7(5-6-10)8(9)4-2/h3-4H,1-2,5-6,10H2/b8-7-. The summed E-state index contributed by atoms with van der Waals surface area (Å²) in [6.07, 6.45) is 3.14. The van der Waals surface area contributed by atoms with E-state index in [0.717, 1.165) is 6.08 Å². The predicted molar refractivity (Wildman–Crippen MR) is 42.2 cm³/mol. The molecule has 0 radical (unpaired) electrons. The lowest BCUT2D eigenvalue weighted by molar-refractivity contribution is 0.651. The van der Waals surface area contributed by atoms with Crippen LogP contribution in [0.1, 0.15) is 6.42 Å². The fraction of sp³-hybridized carbons (Fsp3) is 0.250. The summed E-state index contributed by atoms with van der Waals surface area (Å²) in [5, 5.41) is 0. The molecule has 0 aromatic heterocycles. The first-order chi connectivity index (χ1) is 4.76. The molecule has 0 saturated heterocycles. The van der Waals surface area contributed by atoms with Gasteiger partial charge >= 0.3 is 0 Å². The lowest BCUT2D eigenvalue weighted by Crippen LogP contribution is -1.99. The van der Waals surface area contributed by atoms with Crippen LogP contribution in [-0.2, 0) is 0 Å². The van der Waals surface area contributed by atoms with Gasteiger partial charge in [-0.25, -0.2) is 4.39 Å². The van der Waals surface area contributed by atoms with Crippen molar-refractivity contribution in [2.45, 2.75) is 6.42 Å². The van der Waals surface area contributed by atoms with Crippen LogP contribution >= 0.6 is 0 Å². The minimum atomic E-state index is -0.333. The van der Waals surface area contributed by atoms with Gasteiger partial charge in [-0.1, -0.05) is 19.2 Å². The van der Waals surface area contributed by atoms with Crippen LogP contribution in [0, 0.1) is 0 Å². The molecule has 0 unspecified atom stereocenters. The van der Waals surface area contributed by atoms with E-state index in [1.807, 2.05) is 0 Å². The van der Waals surface area contributed by atoms with Crippen LogP contribution in [0.5, 0.6) is 0 Å². The maximum atomic E-state index is 12.6. The molecule has 2 N–H and O–H groups in total. The number of hydrogen-bond donors (Lipinski definition) is 1. The lowest BCUT2D eigenvalue weighted by atomic mass is 10.1. The Hall–Kier alpha value is -0.890. The highest BCUT2D eigenvalue weighted by Gasteiger charge is 1.96. The second-order valence-electron chi connectivity index (χ2n) is 1.82. The number of allylic oxidation sites excluding steroid dienone is 3. The second-order valence-corrected chi connectivity index (χ2v) is 1.82. The highest BCUT2D eigenvalue weighted by molar-refractivity contribution is 5.26. The molecule has 0 atom stereocenters. The third kappa shape index (κ3) is 2.60. The monoisotopic (exact) mass is 141 g/mol. The summed E-state index contributed by atoms with van der Waals surface area (Å²) < 4.78 is 12.6. The van der Waals surface area contributed by atoms with E-state index in [4.69, 9.17) is 5.73 Å². The van der Waals surface area contributed by atoms with E-state index in [1.165, 1.54) is 6.08 Å². The van der Waals surface area contributed by atoms with E-state index in [0.29, 0.717) is 18.5 Å². The lowest BCUT2D eigenvalue weighted by Gasteiger charge is -1.97. The molecular formula is C8H12FN. The molecule has 0 rings (SSSR count). The first-order valence-corrected chi connectivity index (χ1v) is 3.09. The minimum Gasteiger partial charge on any atom is -0.330 e. The molecule has 10 heavy (non-hydrogen) atoms. The average molecular weight is 141 g/mol. The fourth-order valence-corrected chi connectivity index (χ4v) is 0.606. The summed E-state index contributed by atoms with van der Waals surface area (Å²) in [4.78, 5) is 0. The summed E-state index contributed by atoms with van der Waals surface area (Å²) in [5.74, 6) is -0.333. The molecule has 0 spiro atoms. The largest absolute Gasteiger partial charge is 0.330 e. The first-order valence-electron chi connectivity index (χ1n) is 3.09. The Bertz CT molecular complexity index is 159.